The third kappa shape index (κ3) is 32.0. The average Bonchev–Trinajstić information content (AvgIpc) is 2.87. The van der Waals surface area contributed by atoms with Crippen LogP contribution in [0.4, 0.5) is 0 Å². The average molecular weight is 547 g/mol. The Labute approximate surface area is 233 Å². The van der Waals surface area contributed by atoms with Gasteiger partial charge >= 0.3 is 10.4 Å². The molecule has 37 heavy (non-hydrogen) atoms. The van der Waals surface area contributed by atoms with Crippen LogP contribution in [0, 0.1) is 5.92 Å². The predicted molar refractivity (Wildman–Crippen MR) is 162 cm³/mol. The molecule has 5 heteroatoms. The maximum absolute atomic E-state index is 11.0. The first-order valence-electron chi connectivity index (χ1n) is 16.6. The molecule has 0 heterocycles. The van der Waals surface area contributed by atoms with E-state index in [4.69, 9.17) is 8.74 Å². The van der Waals surface area contributed by atoms with E-state index in [1.54, 1.807) is 0 Å². The summed E-state index contributed by atoms with van der Waals surface area (Å²) in [5.41, 5.74) is 0. The third-order valence-electron chi connectivity index (χ3n) is 7.88. The lowest BCUT2D eigenvalue weighted by molar-refractivity contribution is 0.204. The zero-order valence-electron chi connectivity index (χ0n) is 25.2. The summed E-state index contributed by atoms with van der Waals surface area (Å²) in [6.45, 7) is 4.67. The second-order valence-electron chi connectivity index (χ2n) is 11.6. The van der Waals surface area contributed by atoms with Crippen molar-refractivity contribution in [2.75, 3.05) is 6.61 Å². The maximum Gasteiger partial charge on any atom is 0.397 e. The lowest BCUT2D eigenvalue weighted by Gasteiger charge is -2.16. The van der Waals surface area contributed by atoms with Crippen LogP contribution >= 0.6 is 0 Å². The first-order valence-corrected chi connectivity index (χ1v) is 18.0. The quantitative estimate of drug-likeness (QED) is 0.0693. The molecule has 0 aromatic carbocycles. The molecule has 1 N–H and O–H groups in total. The standard InChI is InChI=1S/C32H66O4S/c1-3-5-7-9-11-13-14-15-16-17-18-19-20-22-24-26-28-30-32(31-36-37(33,34)35)29-27-25-23-21-12-10-8-6-4-2/h32H,3-31H2,1-2H3,(H,33,34,35). The van der Waals surface area contributed by atoms with Gasteiger partial charge in [0, 0.05) is 0 Å². The molecule has 0 spiro atoms. The van der Waals surface area contributed by atoms with E-state index in [1.807, 2.05) is 0 Å². The molecule has 0 rings (SSSR count). The van der Waals surface area contributed by atoms with Crippen molar-refractivity contribution in [3.05, 3.63) is 0 Å². The molecule has 4 nitrogen and oxygen atoms in total. The summed E-state index contributed by atoms with van der Waals surface area (Å²) in [5.74, 6) is 0.239. The molecule has 1 unspecified atom stereocenters. The summed E-state index contributed by atoms with van der Waals surface area (Å²) < 4.78 is 35.8. The molecule has 0 aliphatic carbocycles. The van der Waals surface area contributed by atoms with E-state index in [2.05, 4.69) is 13.8 Å². The summed E-state index contributed by atoms with van der Waals surface area (Å²) in [7, 11) is -4.33. The number of hydrogen-bond donors (Lipinski definition) is 1. The number of hydrogen-bond acceptors (Lipinski definition) is 3. The van der Waals surface area contributed by atoms with E-state index in [1.165, 1.54) is 154 Å². The van der Waals surface area contributed by atoms with Gasteiger partial charge in [0.05, 0.1) is 6.61 Å². The minimum absolute atomic E-state index is 0.134. The Morgan fingerprint density at radius 3 is 0.946 bits per heavy atom. The van der Waals surface area contributed by atoms with Crippen LogP contribution in [0.5, 0.6) is 0 Å². The molecule has 0 saturated carbocycles. The number of unbranched alkanes of at least 4 members (excludes halogenated alkanes) is 24. The third-order valence-corrected chi connectivity index (χ3v) is 8.32. The predicted octanol–water partition coefficient (Wildman–Crippen LogP) is 11.4. The van der Waals surface area contributed by atoms with Gasteiger partial charge in [-0.25, -0.2) is 4.18 Å². The van der Waals surface area contributed by atoms with Gasteiger partial charge in [-0.1, -0.05) is 181 Å². The maximum atomic E-state index is 11.0. The van der Waals surface area contributed by atoms with Crippen LogP contribution in [0.25, 0.3) is 0 Å². The Morgan fingerprint density at radius 1 is 0.459 bits per heavy atom. The first-order chi connectivity index (χ1) is 18.0. The first kappa shape index (κ1) is 36.9. The van der Waals surface area contributed by atoms with Crippen molar-refractivity contribution in [3.63, 3.8) is 0 Å². The van der Waals surface area contributed by atoms with E-state index >= 15 is 0 Å². The van der Waals surface area contributed by atoms with Crippen LogP contribution in [-0.4, -0.2) is 19.6 Å². The van der Waals surface area contributed by atoms with Gasteiger partial charge in [0.15, 0.2) is 0 Å². The fourth-order valence-corrected chi connectivity index (χ4v) is 5.76. The minimum Gasteiger partial charge on any atom is -0.264 e. The molecule has 0 fully saturated rings. The Kier molecular flexibility index (Phi) is 28.8. The van der Waals surface area contributed by atoms with Crippen molar-refractivity contribution < 1.29 is 17.2 Å². The molecule has 1 atom stereocenters. The fourth-order valence-electron chi connectivity index (χ4n) is 5.39. The van der Waals surface area contributed by atoms with E-state index in [-0.39, 0.29) is 12.5 Å². The lowest BCUT2D eigenvalue weighted by Crippen LogP contribution is -2.14. The fraction of sp³-hybridized carbons (Fsp3) is 1.00. The van der Waals surface area contributed by atoms with Crippen LogP contribution in [0.1, 0.15) is 194 Å². The molecule has 0 amide bonds. The summed E-state index contributed by atoms with van der Waals surface area (Å²) in [5, 5.41) is 0. The van der Waals surface area contributed by atoms with Crippen LogP contribution in [0.15, 0.2) is 0 Å². The molecule has 0 aromatic heterocycles. The monoisotopic (exact) mass is 546 g/mol. The lowest BCUT2D eigenvalue weighted by atomic mass is 9.94. The van der Waals surface area contributed by atoms with Crippen molar-refractivity contribution in [2.24, 2.45) is 5.92 Å². The largest absolute Gasteiger partial charge is 0.397 e. The van der Waals surface area contributed by atoms with Gasteiger partial charge in [-0.3, -0.25) is 4.55 Å². The highest BCUT2D eigenvalue weighted by Crippen LogP contribution is 2.21. The summed E-state index contributed by atoms with van der Waals surface area (Å²) in [4.78, 5) is 0. The second-order valence-corrected chi connectivity index (χ2v) is 12.7. The molecular weight excluding hydrogens is 480 g/mol. The molecule has 0 radical (unpaired) electrons. The van der Waals surface area contributed by atoms with Gasteiger partial charge in [-0.05, 0) is 18.8 Å². The van der Waals surface area contributed by atoms with Crippen molar-refractivity contribution in [2.45, 2.75) is 194 Å². The second kappa shape index (κ2) is 28.9. The van der Waals surface area contributed by atoms with Crippen LogP contribution in [0.3, 0.4) is 0 Å². The minimum atomic E-state index is -4.33. The Hall–Kier alpha value is -0.130. The summed E-state index contributed by atoms with van der Waals surface area (Å²) in [6, 6.07) is 0. The molecule has 0 aliphatic rings. The molecule has 0 bridgehead atoms. The van der Waals surface area contributed by atoms with Gasteiger partial charge in [0.25, 0.3) is 0 Å². The smallest absolute Gasteiger partial charge is 0.264 e. The van der Waals surface area contributed by atoms with Crippen LogP contribution < -0.4 is 0 Å². The molecule has 0 aromatic rings. The van der Waals surface area contributed by atoms with Crippen molar-refractivity contribution in [1.29, 1.82) is 0 Å². The molecule has 0 aliphatic heterocycles. The van der Waals surface area contributed by atoms with Gasteiger partial charge in [0.2, 0.25) is 0 Å². The summed E-state index contributed by atoms with van der Waals surface area (Å²) in [6.07, 6.45) is 36.9. The van der Waals surface area contributed by atoms with Gasteiger partial charge in [0.1, 0.15) is 0 Å². The highest BCUT2D eigenvalue weighted by atomic mass is 32.3. The van der Waals surface area contributed by atoms with Gasteiger partial charge in [-0.15, -0.1) is 0 Å². The normalized spacial score (nSPS) is 12.8. The zero-order valence-corrected chi connectivity index (χ0v) is 26.0. The Morgan fingerprint density at radius 2 is 0.703 bits per heavy atom. The highest BCUT2D eigenvalue weighted by Gasteiger charge is 2.13. The van der Waals surface area contributed by atoms with E-state index in [0.717, 1.165) is 25.7 Å². The Bertz CT molecular complexity index is 535. The van der Waals surface area contributed by atoms with Crippen molar-refractivity contribution in [1.82, 2.24) is 0 Å². The molecular formula is C32H66O4S. The highest BCUT2D eigenvalue weighted by molar-refractivity contribution is 7.80. The van der Waals surface area contributed by atoms with Crippen LogP contribution in [0.2, 0.25) is 0 Å². The molecule has 224 valence electrons. The van der Waals surface area contributed by atoms with E-state index < -0.39 is 10.4 Å². The SMILES string of the molecule is CCCCCCCCCCCCCCCCCCCC(CCCCCCCCCCC)COS(=O)(=O)O. The van der Waals surface area contributed by atoms with Crippen molar-refractivity contribution in [3.8, 4) is 0 Å². The molecule has 0 saturated heterocycles. The van der Waals surface area contributed by atoms with Crippen LogP contribution in [-0.2, 0) is 14.6 Å². The van der Waals surface area contributed by atoms with E-state index in [9.17, 15) is 8.42 Å². The topological polar surface area (TPSA) is 63.6 Å². The van der Waals surface area contributed by atoms with E-state index in [0.29, 0.717) is 0 Å². The van der Waals surface area contributed by atoms with Crippen molar-refractivity contribution >= 4 is 10.4 Å². The summed E-state index contributed by atoms with van der Waals surface area (Å²) >= 11 is 0. The zero-order chi connectivity index (χ0) is 27.3. The van der Waals surface area contributed by atoms with Gasteiger partial charge in [-0.2, -0.15) is 8.42 Å². The number of rotatable bonds is 31. The van der Waals surface area contributed by atoms with Gasteiger partial charge < -0.3 is 0 Å². The Balaban J connectivity index is 3.64.